The molecule has 7 nitrogen and oxygen atoms in total. The number of carbonyl (C=O) groups excluding carboxylic acids is 2. The summed E-state index contributed by atoms with van der Waals surface area (Å²) in [5, 5.41) is 3.96. The Bertz CT molecular complexity index is 1110. The first kappa shape index (κ1) is 24.8. The molecule has 0 aliphatic rings. The predicted octanol–water partition coefficient (Wildman–Crippen LogP) is 3.87. The molecule has 170 valence electrons. The molecular weight excluding hydrogens is 474 g/mol. The first-order valence-corrected chi connectivity index (χ1v) is 12.7. The van der Waals surface area contributed by atoms with Crippen LogP contribution < -0.4 is 16.7 Å². The molecule has 0 unspecified atom stereocenters. The zero-order valence-corrected chi connectivity index (χ0v) is 20.3. The van der Waals surface area contributed by atoms with Gasteiger partial charge in [0.05, 0.1) is 23.4 Å². The second-order valence-electron chi connectivity index (χ2n) is 6.69. The Morgan fingerprint density at radius 3 is 1.97 bits per heavy atom. The van der Waals surface area contributed by atoms with Gasteiger partial charge in [-0.3, -0.25) is 20.0 Å². The van der Waals surface area contributed by atoms with Crippen molar-refractivity contribution < 1.29 is 9.59 Å². The lowest BCUT2D eigenvalue weighted by Gasteiger charge is -2.06. The molecule has 0 spiro atoms. The van der Waals surface area contributed by atoms with Gasteiger partial charge in [-0.2, -0.15) is 5.10 Å². The van der Waals surface area contributed by atoms with Crippen LogP contribution in [0, 0.1) is 6.92 Å². The third kappa shape index (κ3) is 8.93. The van der Waals surface area contributed by atoms with Crippen LogP contribution in [0.2, 0.25) is 0 Å². The van der Waals surface area contributed by atoms with E-state index in [-0.39, 0.29) is 23.3 Å². The SMILES string of the molecule is Cc1cccc(C=NNC(=O)CSc2ccc(Sc3ccc(SCC(=O)NN)cc3)cc2)n1. The van der Waals surface area contributed by atoms with E-state index in [1.54, 1.807) is 11.8 Å². The Hall–Kier alpha value is -2.79. The van der Waals surface area contributed by atoms with E-state index < -0.39 is 0 Å². The molecule has 0 bridgehead atoms. The zero-order chi connectivity index (χ0) is 23.5. The highest BCUT2D eigenvalue weighted by molar-refractivity contribution is 8.00. The molecule has 0 saturated carbocycles. The lowest BCUT2D eigenvalue weighted by molar-refractivity contribution is -0.119. The van der Waals surface area contributed by atoms with Crippen LogP contribution in [0.4, 0.5) is 0 Å². The number of hydrogen-bond donors (Lipinski definition) is 3. The largest absolute Gasteiger partial charge is 0.294 e. The Balaban J connectivity index is 1.42. The van der Waals surface area contributed by atoms with Crippen LogP contribution in [0.15, 0.2) is 91.4 Å². The number of aromatic nitrogens is 1. The molecule has 0 aliphatic heterocycles. The minimum atomic E-state index is -0.207. The number of rotatable bonds is 10. The maximum atomic E-state index is 12.0. The number of hydrogen-bond acceptors (Lipinski definition) is 8. The molecule has 3 rings (SSSR count). The average Bonchev–Trinajstić information content (AvgIpc) is 2.83. The molecule has 2 aromatic carbocycles. The zero-order valence-electron chi connectivity index (χ0n) is 17.9. The van der Waals surface area contributed by atoms with Crippen LogP contribution in [0.3, 0.4) is 0 Å². The van der Waals surface area contributed by atoms with Crippen LogP contribution >= 0.6 is 35.3 Å². The Morgan fingerprint density at radius 2 is 1.42 bits per heavy atom. The van der Waals surface area contributed by atoms with Crippen LogP contribution in [0.5, 0.6) is 0 Å². The molecule has 1 aromatic heterocycles. The third-order valence-corrected chi connectivity index (χ3v) is 7.12. The van der Waals surface area contributed by atoms with E-state index in [0.29, 0.717) is 5.69 Å². The van der Waals surface area contributed by atoms with Crippen LogP contribution in [0.1, 0.15) is 11.4 Å². The Labute approximate surface area is 205 Å². The number of pyridine rings is 1. The molecule has 0 fully saturated rings. The van der Waals surface area contributed by atoms with E-state index >= 15 is 0 Å². The minimum absolute atomic E-state index is 0.177. The van der Waals surface area contributed by atoms with Gasteiger partial charge in [0, 0.05) is 25.3 Å². The van der Waals surface area contributed by atoms with Crippen molar-refractivity contribution in [3.63, 3.8) is 0 Å². The number of amides is 2. The van der Waals surface area contributed by atoms with Crippen molar-refractivity contribution in [2.75, 3.05) is 11.5 Å². The minimum Gasteiger partial charge on any atom is -0.294 e. The molecule has 0 atom stereocenters. The fraction of sp³-hybridized carbons (Fsp3) is 0.130. The van der Waals surface area contributed by atoms with Gasteiger partial charge >= 0.3 is 0 Å². The van der Waals surface area contributed by atoms with E-state index in [2.05, 4.69) is 20.9 Å². The number of nitrogens with zero attached hydrogens (tertiary/aromatic N) is 2. The van der Waals surface area contributed by atoms with Gasteiger partial charge in [0.1, 0.15) is 0 Å². The van der Waals surface area contributed by atoms with Crippen molar-refractivity contribution in [3.8, 4) is 0 Å². The third-order valence-electron chi connectivity index (χ3n) is 4.08. The van der Waals surface area contributed by atoms with Crippen LogP contribution in [0.25, 0.3) is 0 Å². The maximum Gasteiger partial charge on any atom is 0.250 e. The number of hydrazone groups is 1. The monoisotopic (exact) mass is 497 g/mol. The molecule has 10 heteroatoms. The first-order valence-electron chi connectivity index (χ1n) is 9.90. The molecule has 2 amide bonds. The second-order valence-corrected chi connectivity index (χ2v) is 9.93. The van der Waals surface area contributed by atoms with Crippen molar-refractivity contribution in [1.29, 1.82) is 0 Å². The van der Waals surface area contributed by atoms with Gasteiger partial charge in [0.15, 0.2) is 0 Å². The predicted molar refractivity (Wildman–Crippen MR) is 135 cm³/mol. The lowest BCUT2D eigenvalue weighted by Crippen LogP contribution is -2.31. The van der Waals surface area contributed by atoms with E-state index in [0.717, 1.165) is 25.3 Å². The van der Waals surface area contributed by atoms with Crippen molar-refractivity contribution in [1.82, 2.24) is 15.8 Å². The molecule has 0 radical (unpaired) electrons. The molecule has 0 aliphatic carbocycles. The lowest BCUT2D eigenvalue weighted by atomic mass is 10.3. The summed E-state index contributed by atoms with van der Waals surface area (Å²) in [5.74, 6) is 5.26. The maximum absolute atomic E-state index is 12.0. The van der Waals surface area contributed by atoms with Crippen molar-refractivity contribution in [2.45, 2.75) is 26.5 Å². The quantitative estimate of drug-likeness (QED) is 0.128. The fourth-order valence-corrected chi connectivity index (χ4v) is 4.74. The summed E-state index contributed by atoms with van der Waals surface area (Å²) in [4.78, 5) is 31.7. The summed E-state index contributed by atoms with van der Waals surface area (Å²) in [6, 6.07) is 21.7. The van der Waals surface area contributed by atoms with E-state index in [4.69, 9.17) is 5.84 Å². The summed E-state index contributed by atoms with van der Waals surface area (Å²) in [6.45, 7) is 1.90. The van der Waals surface area contributed by atoms with Gasteiger partial charge in [-0.05, 0) is 67.6 Å². The topological polar surface area (TPSA) is 109 Å². The van der Waals surface area contributed by atoms with Crippen LogP contribution in [-0.4, -0.2) is 34.5 Å². The van der Waals surface area contributed by atoms with E-state index in [1.807, 2.05) is 73.7 Å². The summed E-state index contributed by atoms with van der Waals surface area (Å²) in [7, 11) is 0. The molecule has 0 saturated heterocycles. The average molecular weight is 498 g/mol. The van der Waals surface area contributed by atoms with Gasteiger partial charge in [-0.1, -0.05) is 17.8 Å². The highest BCUT2D eigenvalue weighted by Gasteiger charge is 2.04. The summed E-state index contributed by atoms with van der Waals surface area (Å²) in [6.07, 6.45) is 1.53. The number of thioether (sulfide) groups is 2. The number of benzene rings is 2. The summed E-state index contributed by atoms with van der Waals surface area (Å²) in [5.41, 5.74) is 6.24. The van der Waals surface area contributed by atoms with Gasteiger partial charge in [0.25, 0.3) is 0 Å². The highest BCUT2D eigenvalue weighted by Crippen LogP contribution is 2.31. The molecule has 1 heterocycles. The molecule has 3 aromatic rings. The number of nitrogens with two attached hydrogens (primary N) is 1. The summed E-state index contributed by atoms with van der Waals surface area (Å²) >= 11 is 4.53. The van der Waals surface area contributed by atoms with Gasteiger partial charge in [-0.15, -0.1) is 23.5 Å². The standard InChI is InChI=1S/C23H23N5O2S3/c1-16-3-2-4-17(26-16)13-25-28-23(30)15-32-19-7-11-21(12-8-19)33-20-9-5-18(6-10-20)31-14-22(29)27-24/h2-13H,14-15,24H2,1H3,(H,27,29)(H,28,30). The first-order chi connectivity index (χ1) is 16.0. The van der Waals surface area contributed by atoms with Gasteiger partial charge < -0.3 is 0 Å². The van der Waals surface area contributed by atoms with E-state index in [9.17, 15) is 9.59 Å². The van der Waals surface area contributed by atoms with Crippen LogP contribution in [-0.2, 0) is 9.59 Å². The smallest absolute Gasteiger partial charge is 0.250 e. The van der Waals surface area contributed by atoms with E-state index in [1.165, 1.54) is 29.7 Å². The number of aryl methyl sites for hydroxylation is 1. The number of carbonyl (C=O) groups is 2. The van der Waals surface area contributed by atoms with Gasteiger partial charge in [0.2, 0.25) is 11.8 Å². The van der Waals surface area contributed by atoms with Crippen molar-refractivity contribution >= 4 is 53.3 Å². The Morgan fingerprint density at radius 1 is 0.879 bits per heavy atom. The number of hydrazine groups is 1. The van der Waals surface area contributed by atoms with Crippen molar-refractivity contribution in [2.24, 2.45) is 10.9 Å². The fourth-order valence-electron chi connectivity index (χ4n) is 2.52. The molecule has 33 heavy (non-hydrogen) atoms. The highest BCUT2D eigenvalue weighted by atomic mass is 32.2. The Kier molecular flexibility index (Phi) is 9.82. The second kappa shape index (κ2) is 13.0. The number of nitrogens with one attached hydrogen (secondary N) is 2. The van der Waals surface area contributed by atoms with Crippen molar-refractivity contribution in [3.05, 3.63) is 78.1 Å². The molecular formula is C23H23N5O2S3. The summed E-state index contributed by atoms with van der Waals surface area (Å²) < 4.78 is 0. The normalized spacial score (nSPS) is 10.8. The molecule has 4 N–H and O–H groups in total. The van der Waals surface area contributed by atoms with Gasteiger partial charge in [-0.25, -0.2) is 11.3 Å².